The lowest BCUT2D eigenvalue weighted by Crippen LogP contribution is -2.81. The fourth-order valence-corrected chi connectivity index (χ4v) is 5.41. The highest BCUT2D eigenvalue weighted by molar-refractivity contribution is 8.00. The number of carbonyl (C=O) groups is 5. The molecule has 0 radical (unpaired) electrons. The molecule has 3 N–H and O–H groups in total. The summed E-state index contributed by atoms with van der Waals surface area (Å²) in [5, 5.41) is 21.2. The number of esters is 1. The zero-order chi connectivity index (χ0) is 23.0. The quantitative estimate of drug-likeness (QED) is 0.302. The first-order chi connectivity index (χ1) is 14.5. The number of hydrogen-bond acceptors (Lipinski definition) is 7. The van der Waals surface area contributed by atoms with Gasteiger partial charge in [-0.05, 0) is 12.5 Å². The number of carbonyl (C=O) groups excluding carboxylic acids is 3. The van der Waals surface area contributed by atoms with Crippen molar-refractivity contribution in [3.63, 3.8) is 0 Å². The third-order valence-electron chi connectivity index (χ3n) is 5.50. The molecule has 1 aromatic rings. The molecule has 0 saturated carbocycles. The van der Waals surface area contributed by atoms with Crippen LogP contribution >= 0.6 is 11.8 Å². The molecule has 0 aliphatic carbocycles. The maximum Gasteiger partial charge on any atom is 0.320 e. The summed E-state index contributed by atoms with van der Waals surface area (Å²) in [6, 6.07) is 7.95. The Bertz CT molecular complexity index is 938. The summed E-state index contributed by atoms with van der Waals surface area (Å²) < 4.78 is 4.91. The van der Waals surface area contributed by atoms with Crippen molar-refractivity contribution in [2.45, 2.75) is 30.7 Å². The minimum absolute atomic E-state index is 0.0521. The van der Waals surface area contributed by atoms with Crippen LogP contribution in [0.2, 0.25) is 0 Å². The second-order valence-corrected chi connectivity index (χ2v) is 8.90. The van der Waals surface area contributed by atoms with Crippen molar-refractivity contribution in [1.82, 2.24) is 10.2 Å². The lowest BCUT2D eigenvalue weighted by atomic mass is 9.83. The van der Waals surface area contributed by atoms with Crippen LogP contribution < -0.4 is 5.32 Å². The van der Waals surface area contributed by atoms with Crippen LogP contribution in [0.5, 0.6) is 0 Å². The second kappa shape index (κ2) is 8.22. The Morgan fingerprint density at radius 2 is 1.90 bits per heavy atom. The van der Waals surface area contributed by atoms with Crippen molar-refractivity contribution < 1.29 is 38.9 Å². The maximum atomic E-state index is 12.9. The van der Waals surface area contributed by atoms with Gasteiger partial charge >= 0.3 is 17.9 Å². The number of ether oxygens (including phenoxy) is 1. The van der Waals surface area contributed by atoms with Crippen LogP contribution in [0.4, 0.5) is 0 Å². The van der Waals surface area contributed by atoms with Crippen molar-refractivity contribution in [2.75, 3.05) is 18.9 Å². The molecule has 2 saturated heterocycles. The Balaban J connectivity index is 1.76. The summed E-state index contributed by atoms with van der Waals surface area (Å²) >= 11 is 1.14. The molecule has 2 amide bonds. The first-order valence-corrected chi connectivity index (χ1v) is 10.5. The molecule has 2 heterocycles. The van der Waals surface area contributed by atoms with E-state index in [1.165, 1.54) is 30.9 Å². The fourth-order valence-electron chi connectivity index (χ4n) is 3.79. The van der Waals surface area contributed by atoms with E-state index in [4.69, 9.17) is 4.74 Å². The maximum absolute atomic E-state index is 12.9. The molecule has 166 valence electrons. The Labute approximate surface area is 181 Å². The highest BCUT2D eigenvalue weighted by atomic mass is 32.2. The van der Waals surface area contributed by atoms with Gasteiger partial charge in [-0.2, -0.15) is 0 Å². The zero-order valence-corrected chi connectivity index (χ0v) is 17.7. The van der Waals surface area contributed by atoms with Gasteiger partial charge in [-0.1, -0.05) is 30.3 Å². The lowest BCUT2D eigenvalue weighted by molar-refractivity contribution is -0.170. The van der Waals surface area contributed by atoms with Crippen molar-refractivity contribution in [2.24, 2.45) is 5.41 Å². The third-order valence-corrected chi connectivity index (χ3v) is 7.26. The Morgan fingerprint density at radius 3 is 2.45 bits per heavy atom. The van der Waals surface area contributed by atoms with E-state index in [1.807, 2.05) is 0 Å². The van der Waals surface area contributed by atoms with Crippen LogP contribution in [-0.4, -0.2) is 74.7 Å². The number of β-lactam (4-membered cyclic amide) rings is 1. The van der Waals surface area contributed by atoms with Crippen molar-refractivity contribution in [3.8, 4) is 0 Å². The number of amides is 2. The van der Waals surface area contributed by atoms with E-state index < -0.39 is 52.0 Å². The average Bonchev–Trinajstić information content (AvgIpc) is 2.72. The number of benzene rings is 1. The van der Waals surface area contributed by atoms with Gasteiger partial charge in [0, 0.05) is 19.2 Å². The smallest absolute Gasteiger partial charge is 0.320 e. The average molecular weight is 450 g/mol. The SMILES string of the molecule is CC(=O)OCC1(C(=O)O)CS[C@H]2N(C1)C(=O)C2(C)NC(=O)C(C(=O)O)c1ccccc1. The Hall–Kier alpha value is -3.08. The van der Waals surface area contributed by atoms with E-state index in [0.29, 0.717) is 0 Å². The minimum atomic E-state index is -1.49. The fraction of sp³-hybridized carbons (Fsp3) is 0.450. The number of aliphatic carboxylic acids is 2. The largest absolute Gasteiger partial charge is 0.481 e. The van der Waals surface area contributed by atoms with Crippen LogP contribution in [-0.2, 0) is 28.7 Å². The molecule has 3 rings (SSSR count). The molecule has 0 aromatic heterocycles. The summed E-state index contributed by atoms with van der Waals surface area (Å²) in [6.07, 6.45) is 0. The predicted octanol–water partition coefficient (Wildman–Crippen LogP) is 0.279. The normalized spacial score (nSPS) is 28.0. The molecule has 0 spiro atoms. The standard InChI is InChI=1S/C20H22N2O8S/c1-11(23)30-9-20(18(28)29)8-22-16(27)19(2,17(22)31-10-20)21-14(24)13(15(25)26)12-6-4-3-5-7-12/h3-7,13,17H,8-10H2,1-2H3,(H,21,24)(H,25,26)(H,28,29)/t13?,17-,19?,20?/m1/s1. The van der Waals surface area contributed by atoms with Crippen LogP contribution in [0.1, 0.15) is 25.3 Å². The molecule has 3 unspecified atom stereocenters. The van der Waals surface area contributed by atoms with E-state index >= 15 is 0 Å². The summed E-state index contributed by atoms with van der Waals surface area (Å²) in [7, 11) is 0. The van der Waals surface area contributed by atoms with Gasteiger partial charge in [0.15, 0.2) is 5.92 Å². The van der Waals surface area contributed by atoms with Gasteiger partial charge in [0.25, 0.3) is 5.91 Å². The van der Waals surface area contributed by atoms with Crippen LogP contribution in [0, 0.1) is 5.41 Å². The van der Waals surface area contributed by atoms with Gasteiger partial charge in [-0.15, -0.1) is 11.8 Å². The number of nitrogens with zero attached hydrogens (tertiary/aromatic N) is 1. The van der Waals surface area contributed by atoms with Crippen LogP contribution in [0.15, 0.2) is 30.3 Å². The molecule has 2 fully saturated rings. The van der Waals surface area contributed by atoms with Gasteiger partial charge in [0.05, 0.1) is 0 Å². The summed E-state index contributed by atoms with van der Waals surface area (Å²) in [6.45, 7) is 2.10. The third kappa shape index (κ3) is 3.97. The number of rotatable bonds is 7. The molecule has 2 aliphatic rings. The summed E-state index contributed by atoms with van der Waals surface area (Å²) in [5.74, 6) is -5.96. The van der Waals surface area contributed by atoms with Crippen LogP contribution in [0.25, 0.3) is 0 Å². The number of carboxylic acids is 2. The molecule has 2 aliphatic heterocycles. The monoisotopic (exact) mass is 450 g/mol. The zero-order valence-electron chi connectivity index (χ0n) is 16.9. The van der Waals surface area contributed by atoms with E-state index in [0.717, 1.165) is 11.8 Å². The molecule has 4 atom stereocenters. The molecule has 0 bridgehead atoms. The summed E-state index contributed by atoms with van der Waals surface area (Å²) in [4.78, 5) is 61.7. The van der Waals surface area contributed by atoms with E-state index in [9.17, 15) is 34.2 Å². The molecule has 1 aromatic carbocycles. The van der Waals surface area contributed by atoms with Gasteiger partial charge in [-0.25, -0.2) is 0 Å². The first kappa shape index (κ1) is 22.6. The Kier molecular flexibility index (Phi) is 5.99. The van der Waals surface area contributed by atoms with E-state index in [1.54, 1.807) is 18.2 Å². The van der Waals surface area contributed by atoms with Gasteiger partial charge in [0.1, 0.15) is 22.9 Å². The number of thioether (sulfide) groups is 1. The number of fused-ring (bicyclic) bond motifs is 1. The topological polar surface area (TPSA) is 150 Å². The summed E-state index contributed by atoms with van der Waals surface area (Å²) in [5.41, 5.74) is -2.56. The van der Waals surface area contributed by atoms with E-state index in [-0.39, 0.29) is 24.5 Å². The van der Waals surface area contributed by atoms with Crippen molar-refractivity contribution in [3.05, 3.63) is 35.9 Å². The number of carboxylic acid groups (broad SMARTS) is 2. The van der Waals surface area contributed by atoms with Crippen LogP contribution in [0.3, 0.4) is 0 Å². The molecular weight excluding hydrogens is 428 g/mol. The van der Waals surface area contributed by atoms with Gasteiger partial charge in [-0.3, -0.25) is 24.0 Å². The molecule has 31 heavy (non-hydrogen) atoms. The molecule has 10 nitrogen and oxygen atoms in total. The lowest BCUT2D eigenvalue weighted by Gasteiger charge is -2.59. The second-order valence-electron chi connectivity index (χ2n) is 7.84. The number of nitrogens with one attached hydrogen (secondary N) is 1. The molecular formula is C20H22N2O8S. The highest BCUT2D eigenvalue weighted by Crippen LogP contribution is 2.47. The number of hydrogen-bond donors (Lipinski definition) is 3. The molecule has 11 heteroatoms. The Morgan fingerprint density at radius 1 is 1.26 bits per heavy atom. The van der Waals surface area contributed by atoms with E-state index in [2.05, 4.69) is 5.32 Å². The van der Waals surface area contributed by atoms with Crippen molar-refractivity contribution >= 4 is 41.5 Å². The van der Waals surface area contributed by atoms with Gasteiger partial charge in [0.2, 0.25) is 5.91 Å². The highest BCUT2D eigenvalue weighted by Gasteiger charge is 2.64. The minimum Gasteiger partial charge on any atom is -0.481 e. The van der Waals surface area contributed by atoms with Gasteiger partial charge < -0.3 is 25.2 Å². The predicted molar refractivity (Wildman–Crippen MR) is 108 cm³/mol. The first-order valence-electron chi connectivity index (χ1n) is 9.41. The van der Waals surface area contributed by atoms with Crippen molar-refractivity contribution in [1.29, 1.82) is 0 Å².